The van der Waals surface area contributed by atoms with Crippen molar-refractivity contribution in [1.29, 1.82) is 0 Å². The van der Waals surface area contributed by atoms with E-state index in [0.29, 0.717) is 12.0 Å². The van der Waals surface area contributed by atoms with Gasteiger partial charge in [0.1, 0.15) is 5.82 Å². The molecule has 212 valence electrons. The molecule has 0 spiro atoms. The van der Waals surface area contributed by atoms with Gasteiger partial charge in [-0.25, -0.2) is 14.4 Å². The molecule has 0 unspecified atom stereocenters. The van der Waals surface area contributed by atoms with Gasteiger partial charge in [-0.3, -0.25) is 9.69 Å². The van der Waals surface area contributed by atoms with E-state index < -0.39 is 5.97 Å². The van der Waals surface area contributed by atoms with E-state index >= 15 is 0 Å². The fourth-order valence-electron chi connectivity index (χ4n) is 7.53. The summed E-state index contributed by atoms with van der Waals surface area (Å²) in [4.78, 5) is 28.5. The standard InChI is InChI=1S/C31H44FN5O2/c1-2-16-37(30-33-14-7-15-34-30)27-10-17-35(18-11-27)21-25-22-36(23-28(25)24-8-6-9-26(32)19-24)31(20-29(38)39)12-4-3-5-13-31/h6-9,14-15,19,25,27-28H,2-5,10-13,16-18,20-23H2,1H3,(H,38,39)/t25-,28+/m0/s1. The second kappa shape index (κ2) is 12.7. The molecule has 8 heteroatoms. The van der Waals surface area contributed by atoms with Crippen molar-refractivity contribution in [2.24, 2.45) is 5.92 Å². The average Bonchev–Trinajstić information content (AvgIpc) is 3.37. The van der Waals surface area contributed by atoms with Crippen molar-refractivity contribution in [1.82, 2.24) is 19.8 Å². The van der Waals surface area contributed by atoms with Gasteiger partial charge in [-0.05, 0) is 61.8 Å². The molecule has 1 N–H and O–H groups in total. The predicted octanol–water partition coefficient (Wildman–Crippen LogP) is 5.19. The second-order valence-corrected chi connectivity index (χ2v) is 12.0. The van der Waals surface area contributed by atoms with Crippen LogP contribution in [0.25, 0.3) is 0 Å². The third-order valence-electron chi connectivity index (χ3n) is 9.42. The number of carboxylic acid groups (broad SMARTS) is 1. The van der Waals surface area contributed by atoms with Gasteiger partial charge < -0.3 is 14.9 Å². The molecule has 1 aromatic carbocycles. The highest BCUT2D eigenvalue weighted by atomic mass is 19.1. The highest BCUT2D eigenvalue weighted by Crippen LogP contribution is 2.44. The van der Waals surface area contributed by atoms with E-state index in [0.717, 1.165) is 95.7 Å². The van der Waals surface area contributed by atoms with E-state index in [2.05, 4.69) is 37.7 Å². The first-order valence-electron chi connectivity index (χ1n) is 15.0. The van der Waals surface area contributed by atoms with Crippen molar-refractivity contribution >= 4 is 11.9 Å². The van der Waals surface area contributed by atoms with Crippen molar-refractivity contribution in [3.63, 3.8) is 0 Å². The maximum absolute atomic E-state index is 14.3. The van der Waals surface area contributed by atoms with Crippen LogP contribution in [0.15, 0.2) is 42.7 Å². The number of halogens is 1. The van der Waals surface area contributed by atoms with Crippen LogP contribution in [0.4, 0.5) is 10.3 Å². The van der Waals surface area contributed by atoms with Crippen LogP contribution >= 0.6 is 0 Å². The van der Waals surface area contributed by atoms with Crippen LogP contribution < -0.4 is 4.90 Å². The highest BCUT2D eigenvalue weighted by molar-refractivity contribution is 5.68. The molecule has 1 aliphatic carbocycles. The Morgan fingerprint density at radius 2 is 1.85 bits per heavy atom. The van der Waals surface area contributed by atoms with E-state index in [9.17, 15) is 14.3 Å². The molecule has 39 heavy (non-hydrogen) atoms. The number of hydrogen-bond donors (Lipinski definition) is 1. The number of piperidine rings is 1. The molecule has 7 nitrogen and oxygen atoms in total. The number of rotatable bonds is 10. The van der Waals surface area contributed by atoms with Gasteiger partial charge in [0.2, 0.25) is 5.95 Å². The van der Waals surface area contributed by atoms with E-state index in [-0.39, 0.29) is 23.7 Å². The SMILES string of the molecule is CCCN(c1ncccn1)C1CCN(C[C@H]2CN(C3(CC(=O)O)CCCCC3)C[C@@H]2c2cccc(F)c2)CC1. The fraction of sp³-hybridized carbons (Fsp3) is 0.645. The molecule has 2 atom stereocenters. The molecule has 0 bridgehead atoms. The lowest BCUT2D eigenvalue weighted by atomic mass is 9.78. The minimum absolute atomic E-state index is 0.192. The Morgan fingerprint density at radius 3 is 2.51 bits per heavy atom. The number of benzene rings is 1. The molecule has 0 radical (unpaired) electrons. The number of carbonyl (C=O) groups is 1. The largest absolute Gasteiger partial charge is 0.481 e. The van der Waals surface area contributed by atoms with Crippen LogP contribution in [0.2, 0.25) is 0 Å². The molecular formula is C31H44FN5O2. The molecule has 3 aliphatic rings. The van der Waals surface area contributed by atoms with Crippen LogP contribution in [0.3, 0.4) is 0 Å². The van der Waals surface area contributed by atoms with Gasteiger partial charge in [0.25, 0.3) is 0 Å². The Hall–Kier alpha value is -2.58. The molecule has 0 amide bonds. The van der Waals surface area contributed by atoms with Crippen molar-refractivity contribution in [2.45, 2.75) is 82.2 Å². The summed E-state index contributed by atoms with van der Waals surface area (Å²) < 4.78 is 14.3. The Bertz CT molecular complexity index is 1070. The van der Waals surface area contributed by atoms with Gasteiger partial charge in [-0.15, -0.1) is 0 Å². The zero-order valence-electron chi connectivity index (χ0n) is 23.3. The minimum atomic E-state index is -0.705. The summed E-state index contributed by atoms with van der Waals surface area (Å²) in [5.41, 5.74) is 0.780. The summed E-state index contributed by atoms with van der Waals surface area (Å²) in [6.07, 6.45) is 12.3. The topological polar surface area (TPSA) is 72.8 Å². The second-order valence-electron chi connectivity index (χ2n) is 12.0. The molecule has 2 aromatic rings. The molecule has 5 rings (SSSR count). The third kappa shape index (κ3) is 6.60. The zero-order chi connectivity index (χ0) is 27.2. The van der Waals surface area contributed by atoms with Crippen LogP contribution in [0, 0.1) is 11.7 Å². The van der Waals surface area contributed by atoms with Gasteiger partial charge in [0, 0.05) is 69.2 Å². The van der Waals surface area contributed by atoms with Gasteiger partial charge in [-0.2, -0.15) is 0 Å². The fourth-order valence-corrected chi connectivity index (χ4v) is 7.53. The van der Waals surface area contributed by atoms with Crippen LogP contribution in [-0.4, -0.2) is 81.7 Å². The van der Waals surface area contributed by atoms with E-state index in [1.807, 2.05) is 24.5 Å². The molecule has 2 saturated heterocycles. The quantitative estimate of drug-likeness (QED) is 0.447. The lowest BCUT2D eigenvalue weighted by Crippen LogP contribution is -2.51. The Labute approximate surface area is 232 Å². The molecule has 1 saturated carbocycles. The van der Waals surface area contributed by atoms with E-state index in [4.69, 9.17) is 0 Å². The maximum atomic E-state index is 14.3. The van der Waals surface area contributed by atoms with E-state index in [1.54, 1.807) is 6.07 Å². The lowest BCUT2D eigenvalue weighted by Gasteiger charge is -2.44. The summed E-state index contributed by atoms with van der Waals surface area (Å²) in [5.74, 6) is 0.485. The number of aliphatic carboxylic acids is 1. The average molecular weight is 538 g/mol. The third-order valence-corrected chi connectivity index (χ3v) is 9.42. The van der Waals surface area contributed by atoms with Gasteiger partial charge in [-0.1, -0.05) is 38.3 Å². The number of carboxylic acids is 1. The number of nitrogens with zero attached hydrogens (tertiary/aromatic N) is 5. The van der Waals surface area contributed by atoms with Crippen LogP contribution in [-0.2, 0) is 4.79 Å². The smallest absolute Gasteiger partial charge is 0.305 e. The van der Waals surface area contributed by atoms with Crippen molar-refractivity contribution in [2.75, 3.05) is 44.2 Å². The van der Waals surface area contributed by atoms with Crippen LogP contribution in [0.5, 0.6) is 0 Å². The summed E-state index contributed by atoms with van der Waals surface area (Å²) >= 11 is 0. The number of anilines is 1. The predicted molar refractivity (Wildman–Crippen MR) is 151 cm³/mol. The molecular weight excluding hydrogens is 493 g/mol. The Balaban J connectivity index is 1.30. The first-order valence-corrected chi connectivity index (χ1v) is 15.0. The normalized spacial score (nSPS) is 24.6. The molecule has 3 heterocycles. The molecule has 2 aliphatic heterocycles. The summed E-state index contributed by atoms with van der Waals surface area (Å²) in [5, 5.41) is 9.83. The lowest BCUT2D eigenvalue weighted by molar-refractivity contribution is -0.141. The summed E-state index contributed by atoms with van der Waals surface area (Å²) in [6.45, 7) is 7.85. The van der Waals surface area contributed by atoms with Gasteiger partial charge in [0.15, 0.2) is 0 Å². The monoisotopic (exact) mass is 537 g/mol. The molecule has 3 fully saturated rings. The van der Waals surface area contributed by atoms with Gasteiger partial charge >= 0.3 is 5.97 Å². The van der Waals surface area contributed by atoms with Gasteiger partial charge in [0.05, 0.1) is 6.42 Å². The summed E-state index contributed by atoms with van der Waals surface area (Å²) in [7, 11) is 0. The van der Waals surface area contributed by atoms with Crippen LogP contribution in [0.1, 0.15) is 76.2 Å². The number of likely N-dealkylation sites (tertiary alicyclic amines) is 2. The minimum Gasteiger partial charge on any atom is -0.481 e. The Kier molecular flexibility index (Phi) is 9.13. The van der Waals surface area contributed by atoms with Crippen molar-refractivity contribution < 1.29 is 14.3 Å². The number of hydrogen-bond acceptors (Lipinski definition) is 6. The molecule has 1 aromatic heterocycles. The first-order chi connectivity index (χ1) is 19.0. The zero-order valence-corrected chi connectivity index (χ0v) is 23.3. The Morgan fingerprint density at radius 1 is 1.10 bits per heavy atom. The number of aromatic nitrogens is 2. The highest BCUT2D eigenvalue weighted by Gasteiger charge is 2.47. The van der Waals surface area contributed by atoms with Crippen molar-refractivity contribution in [3.05, 3.63) is 54.1 Å². The van der Waals surface area contributed by atoms with E-state index in [1.165, 1.54) is 12.5 Å². The maximum Gasteiger partial charge on any atom is 0.305 e. The first kappa shape index (κ1) is 28.0. The van der Waals surface area contributed by atoms with Crippen molar-refractivity contribution in [3.8, 4) is 0 Å². The summed E-state index contributed by atoms with van der Waals surface area (Å²) in [6, 6.07) is 9.39.